The molecule has 1 saturated heterocycles. The average molecular weight is 404 g/mol. The SMILES string of the molecule is O=C1CCC(N2Cc3cc(CN4CCNCc5ccccc54)ccc3C2=O)C(=O)N1. The second-order valence-corrected chi connectivity index (χ2v) is 8.12. The lowest BCUT2D eigenvalue weighted by Crippen LogP contribution is -2.52. The van der Waals surface area contributed by atoms with Crippen LogP contribution in [0, 0.1) is 0 Å². The molecule has 2 aromatic carbocycles. The highest BCUT2D eigenvalue weighted by Crippen LogP contribution is 2.30. The van der Waals surface area contributed by atoms with E-state index in [9.17, 15) is 14.4 Å². The number of rotatable bonds is 3. The van der Waals surface area contributed by atoms with Crippen molar-refractivity contribution in [1.82, 2.24) is 15.5 Å². The Kier molecular flexibility index (Phi) is 4.75. The van der Waals surface area contributed by atoms with Gasteiger partial charge in [-0.3, -0.25) is 19.7 Å². The number of carbonyl (C=O) groups is 3. The minimum Gasteiger partial charge on any atom is -0.366 e. The van der Waals surface area contributed by atoms with Crippen molar-refractivity contribution in [2.24, 2.45) is 0 Å². The van der Waals surface area contributed by atoms with Crippen molar-refractivity contribution >= 4 is 23.4 Å². The minimum atomic E-state index is -0.574. The molecule has 1 fully saturated rings. The molecule has 3 heterocycles. The van der Waals surface area contributed by atoms with Crippen LogP contribution in [0.3, 0.4) is 0 Å². The van der Waals surface area contributed by atoms with Crippen LogP contribution in [0.4, 0.5) is 5.69 Å². The van der Waals surface area contributed by atoms with Gasteiger partial charge in [-0.1, -0.05) is 30.3 Å². The lowest BCUT2D eigenvalue weighted by atomic mass is 10.0. The molecule has 7 heteroatoms. The topological polar surface area (TPSA) is 81.8 Å². The van der Waals surface area contributed by atoms with Gasteiger partial charge in [-0.15, -0.1) is 0 Å². The van der Waals surface area contributed by atoms with Gasteiger partial charge in [-0.25, -0.2) is 0 Å². The molecule has 0 bridgehead atoms. The van der Waals surface area contributed by atoms with Gasteiger partial charge in [-0.2, -0.15) is 0 Å². The number of piperidine rings is 1. The maximum atomic E-state index is 12.9. The van der Waals surface area contributed by atoms with Crippen LogP contribution in [0.1, 0.15) is 39.9 Å². The zero-order valence-electron chi connectivity index (χ0n) is 16.7. The van der Waals surface area contributed by atoms with Gasteiger partial charge in [0.1, 0.15) is 6.04 Å². The van der Waals surface area contributed by atoms with Gasteiger partial charge in [0.2, 0.25) is 11.8 Å². The van der Waals surface area contributed by atoms with E-state index in [4.69, 9.17) is 0 Å². The third-order valence-electron chi connectivity index (χ3n) is 6.17. The summed E-state index contributed by atoms with van der Waals surface area (Å²) >= 11 is 0. The van der Waals surface area contributed by atoms with E-state index in [0.29, 0.717) is 18.5 Å². The fourth-order valence-electron chi connectivity index (χ4n) is 4.64. The standard InChI is InChI=1S/C23H24N4O3/c28-21-8-7-20(22(29)25-21)27-14-17-11-15(5-6-18(17)23(27)30)13-26-10-9-24-12-16-3-1-2-4-19(16)26/h1-6,11,20,24H,7-10,12-14H2,(H,25,28,29). The Labute approximate surface area is 175 Å². The van der Waals surface area contributed by atoms with Crippen molar-refractivity contribution in [2.45, 2.75) is 38.5 Å². The molecule has 1 unspecified atom stereocenters. The molecule has 3 amide bonds. The Balaban J connectivity index is 1.36. The molecule has 0 aliphatic carbocycles. The van der Waals surface area contributed by atoms with Gasteiger partial charge < -0.3 is 15.1 Å². The van der Waals surface area contributed by atoms with Crippen LogP contribution in [0.15, 0.2) is 42.5 Å². The van der Waals surface area contributed by atoms with Crippen LogP contribution in [-0.2, 0) is 29.2 Å². The Morgan fingerprint density at radius 2 is 1.90 bits per heavy atom. The van der Waals surface area contributed by atoms with E-state index >= 15 is 0 Å². The van der Waals surface area contributed by atoms with Gasteiger partial charge in [-0.05, 0) is 35.2 Å². The maximum Gasteiger partial charge on any atom is 0.255 e. The highest BCUT2D eigenvalue weighted by molar-refractivity contribution is 6.05. The second-order valence-electron chi connectivity index (χ2n) is 8.12. The molecule has 0 saturated carbocycles. The number of para-hydroxylation sites is 1. The predicted molar refractivity (Wildman–Crippen MR) is 112 cm³/mol. The number of hydrogen-bond donors (Lipinski definition) is 2. The first kappa shape index (κ1) is 18.8. The quantitative estimate of drug-likeness (QED) is 0.759. The van der Waals surface area contributed by atoms with E-state index in [-0.39, 0.29) is 24.1 Å². The summed E-state index contributed by atoms with van der Waals surface area (Å²) in [6.45, 7) is 3.87. The zero-order valence-corrected chi connectivity index (χ0v) is 16.7. The van der Waals surface area contributed by atoms with Gasteiger partial charge in [0.25, 0.3) is 5.91 Å². The number of anilines is 1. The molecule has 1 atom stereocenters. The third-order valence-corrected chi connectivity index (χ3v) is 6.17. The number of carbonyl (C=O) groups excluding carboxylic acids is 3. The van der Waals surface area contributed by atoms with Crippen molar-refractivity contribution in [3.05, 3.63) is 64.7 Å². The summed E-state index contributed by atoms with van der Waals surface area (Å²) in [5, 5.41) is 5.81. The first-order valence-corrected chi connectivity index (χ1v) is 10.4. The van der Waals surface area contributed by atoms with Crippen LogP contribution in [0.2, 0.25) is 0 Å². The smallest absolute Gasteiger partial charge is 0.255 e. The molecule has 0 spiro atoms. The van der Waals surface area contributed by atoms with Gasteiger partial charge >= 0.3 is 0 Å². The normalized spacial score (nSPS) is 21.2. The Morgan fingerprint density at radius 3 is 2.77 bits per heavy atom. The molecular weight excluding hydrogens is 380 g/mol. The average Bonchev–Trinajstić information content (AvgIpc) is 2.92. The summed E-state index contributed by atoms with van der Waals surface area (Å²) in [5.41, 5.74) is 5.27. The molecule has 0 aromatic heterocycles. The highest BCUT2D eigenvalue weighted by atomic mass is 16.2. The molecule has 3 aliphatic rings. The number of nitrogens with one attached hydrogen (secondary N) is 2. The molecule has 3 aliphatic heterocycles. The van der Waals surface area contributed by atoms with Gasteiger partial charge in [0, 0.05) is 50.4 Å². The van der Waals surface area contributed by atoms with E-state index < -0.39 is 6.04 Å². The zero-order chi connectivity index (χ0) is 20.7. The monoisotopic (exact) mass is 404 g/mol. The number of imide groups is 1. The number of fused-ring (bicyclic) bond motifs is 2. The Bertz CT molecular complexity index is 1030. The van der Waals surface area contributed by atoms with E-state index in [0.717, 1.165) is 37.3 Å². The van der Waals surface area contributed by atoms with Crippen LogP contribution in [0.5, 0.6) is 0 Å². The van der Waals surface area contributed by atoms with Crippen LogP contribution in [0.25, 0.3) is 0 Å². The minimum absolute atomic E-state index is 0.129. The van der Waals surface area contributed by atoms with Crippen LogP contribution >= 0.6 is 0 Å². The molecule has 0 radical (unpaired) electrons. The van der Waals surface area contributed by atoms with Crippen molar-refractivity contribution in [3.8, 4) is 0 Å². The number of hydrogen-bond acceptors (Lipinski definition) is 5. The van der Waals surface area contributed by atoms with Crippen molar-refractivity contribution in [2.75, 3.05) is 18.0 Å². The fourth-order valence-corrected chi connectivity index (χ4v) is 4.64. The van der Waals surface area contributed by atoms with E-state index in [2.05, 4.69) is 45.9 Å². The van der Waals surface area contributed by atoms with Crippen molar-refractivity contribution < 1.29 is 14.4 Å². The molecule has 2 aromatic rings. The number of nitrogens with zero attached hydrogens (tertiary/aromatic N) is 2. The third kappa shape index (κ3) is 3.35. The summed E-state index contributed by atoms with van der Waals surface area (Å²) < 4.78 is 0. The summed E-state index contributed by atoms with van der Waals surface area (Å²) in [5.74, 6) is -0.772. The molecule has 5 rings (SSSR count). The van der Waals surface area contributed by atoms with Crippen LogP contribution < -0.4 is 15.5 Å². The van der Waals surface area contributed by atoms with Gasteiger partial charge in [0.15, 0.2) is 0 Å². The first-order valence-electron chi connectivity index (χ1n) is 10.4. The largest absolute Gasteiger partial charge is 0.366 e. The summed E-state index contributed by atoms with van der Waals surface area (Å²) in [6, 6.07) is 13.8. The lowest BCUT2D eigenvalue weighted by Gasteiger charge is -2.29. The summed E-state index contributed by atoms with van der Waals surface area (Å²) in [7, 11) is 0. The summed E-state index contributed by atoms with van der Waals surface area (Å²) in [6.07, 6.45) is 0.652. The van der Waals surface area contributed by atoms with E-state index in [1.54, 1.807) is 4.90 Å². The Morgan fingerprint density at radius 1 is 1.03 bits per heavy atom. The fraction of sp³-hybridized carbons (Fsp3) is 0.348. The molecule has 2 N–H and O–H groups in total. The predicted octanol–water partition coefficient (Wildman–Crippen LogP) is 1.56. The van der Waals surface area contributed by atoms with E-state index in [1.165, 1.54) is 11.3 Å². The van der Waals surface area contributed by atoms with E-state index in [1.807, 2.05) is 12.1 Å². The molecule has 7 nitrogen and oxygen atoms in total. The van der Waals surface area contributed by atoms with Gasteiger partial charge in [0.05, 0.1) is 0 Å². The Hall–Kier alpha value is -3.19. The van der Waals surface area contributed by atoms with Crippen molar-refractivity contribution in [3.63, 3.8) is 0 Å². The number of benzene rings is 2. The summed E-state index contributed by atoms with van der Waals surface area (Å²) in [4.78, 5) is 40.5. The molecule has 30 heavy (non-hydrogen) atoms. The second kappa shape index (κ2) is 7.57. The number of amides is 3. The maximum absolute atomic E-state index is 12.9. The highest BCUT2D eigenvalue weighted by Gasteiger charge is 2.39. The molecule has 154 valence electrons. The van der Waals surface area contributed by atoms with Crippen molar-refractivity contribution in [1.29, 1.82) is 0 Å². The first-order chi connectivity index (χ1) is 14.6. The van der Waals surface area contributed by atoms with Crippen LogP contribution in [-0.4, -0.2) is 41.8 Å². The molecular formula is C23H24N4O3. The lowest BCUT2D eigenvalue weighted by molar-refractivity contribution is -0.136.